The van der Waals surface area contributed by atoms with Gasteiger partial charge in [-0.05, 0) is 18.3 Å². The van der Waals surface area contributed by atoms with Crippen molar-refractivity contribution >= 4 is 21.6 Å². The standard InChI is InChI=1S/C10H16ClN3O2S/c1-7-4-8(7)5-14(3)17(15,16)10-9(11)13(2)6-12-10/h6-8H,4-5H2,1-3H3. The number of aromatic nitrogens is 2. The summed E-state index contributed by atoms with van der Waals surface area (Å²) >= 11 is 5.91. The van der Waals surface area contributed by atoms with Crippen molar-refractivity contribution in [2.75, 3.05) is 13.6 Å². The first-order valence-corrected chi connectivity index (χ1v) is 7.29. The number of hydrogen-bond acceptors (Lipinski definition) is 3. The number of imidazole rings is 1. The molecule has 0 aliphatic heterocycles. The van der Waals surface area contributed by atoms with Gasteiger partial charge in [0.1, 0.15) is 5.15 Å². The van der Waals surface area contributed by atoms with E-state index in [-0.39, 0.29) is 10.2 Å². The average molecular weight is 278 g/mol. The van der Waals surface area contributed by atoms with Crippen molar-refractivity contribution in [1.29, 1.82) is 0 Å². The van der Waals surface area contributed by atoms with Gasteiger partial charge in [0.15, 0.2) is 0 Å². The number of hydrogen-bond donors (Lipinski definition) is 0. The number of aryl methyl sites for hydroxylation is 1. The molecule has 2 unspecified atom stereocenters. The third-order valence-corrected chi connectivity index (χ3v) is 5.57. The highest BCUT2D eigenvalue weighted by atomic mass is 35.5. The van der Waals surface area contributed by atoms with Crippen LogP contribution in [0.3, 0.4) is 0 Å². The van der Waals surface area contributed by atoms with Crippen LogP contribution in [0.5, 0.6) is 0 Å². The predicted molar refractivity (Wildman–Crippen MR) is 65.3 cm³/mol. The van der Waals surface area contributed by atoms with Crippen LogP contribution in [0.4, 0.5) is 0 Å². The highest BCUT2D eigenvalue weighted by molar-refractivity contribution is 7.89. The van der Waals surface area contributed by atoms with Gasteiger partial charge in [-0.1, -0.05) is 18.5 Å². The molecule has 2 atom stereocenters. The Labute approximate surface area is 106 Å². The summed E-state index contributed by atoms with van der Waals surface area (Å²) in [6.07, 6.45) is 2.50. The van der Waals surface area contributed by atoms with Crippen LogP contribution in [0, 0.1) is 11.8 Å². The third kappa shape index (κ3) is 2.34. The van der Waals surface area contributed by atoms with E-state index in [0.717, 1.165) is 6.42 Å². The predicted octanol–water partition coefficient (Wildman–Crippen LogP) is 1.35. The molecule has 1 aromatic heterocycles. The summed E-state index contributed by atoms with van der Waals surface area (Å²) in [5, 5.41) is 0.0955. The van der Waals surface area contributed by atoms with E-state index in [1.54, 1.807) is 14.1 Å². The summed E-state index contributed by atoms with van der Waals surface area (Å²) in [6, 6.07) is 0. The molecule has 0 N–H and O–H groups in total. The maximum atomic E-state index is 12.2. The molecule has 0 aromatic carbocycles. The van der Waals surface area contributed by atoms with E-state index in [0.29, 0.717) is 18.4 Å². The third-order valence-electron chi connectivity index (χ3n) is 3.26. The minimum atomic E-state index is -3.56. The van der Waals surface area contributed by atoms with Crippen LogP contribution in [0.1, 0.15) is 13.3 Å². The molecule has 1 aliphatic rings. The van der Waals surface area contributed by atoms with Gasteiger partial charge in [0.05, 0.1) is 6.33 Å². The van der Waals surface area contributed by atoms with E-state index in [1.807, 2.05) is 0 Å². The van der Waals surface area contributed by atoms with Gasteiger partial charge >= 0.3 is 0 Å². The molecular formula is C10H16ClN3O2S. The van der Waals surface area contributed by atoms with Gasteiger partial charge in [-0.15, -0.1) is 0 Å². The molecule has 1 aliphatic carbocycles. The normalized spacial score (nSPS) is 24.3. The zero-order chi connectivity index (χ0) is 12.8. The minimum Gasteiger partial charge on any atom is -0.324 e. The average Bonchev–Trinajstić information content (AvgIpc) is 2.82. The van der Waals surface area contributed by atoms with Gasteiger partial charge in [-0.3, -0.25) is 0 Å². The van der Waals surface area contributed by atoms with E-state index >= 15 is 0 Å². The lowest BCUT2D eigenvalue weighted by atomic mass is 10.3. The molecular weight excluding hydrogens is 262 g/mol. The smallest absolute Gasteiger partial charge is 0.263 e. The number of sulfonamides is 1. The van der Waals surface area contributed by atoms with Gasteiger partial charge in [-0.25, -0.2) is 13.4 Å². The molecule has 0 amide bonds. The molecule has 7 heteroatoms. The van der Waals surface area contributed by atoms with E-state index < -0.39 is 10.0 Å². The van der Waals surface area contributed by atoms with Crippen molar-refractivity contribution in [2.45, 2.75) is 18.4 Å². The van der Waals surface area contributed by atoms with Gasteiger partial charge in [-0.2, -0.15) is 4.31 Å². The zero-order valence-electron chi connectivity index (χ0n) is 10.1. The summed E-state index contributed by atoms with van der Waals surface area (Å²) in [5.41, 5.74) is 0. The molecule has 5 nitrogen and oxygen atoms in total. The molecule has 2 rings (SSSR count). The summed E-state index contributed by atoms with van der Waals surface area (Å²) < 4.78 is 27.2. The van der Waals surface area contributed by atoms with Crippen LogP contribution in [0.25, 0.3) is 0 Å². The molecule has 0 spiro atoms. The zero-order valence-corrected chi connectivity index (χ0v) is 11.7. The fourth-order valence-electron chi connectivity index (χ4n) is 1.80. The van der Waals surface area contributed by atoms with E-state index in [1.165, 1.54) is 15.2 Å². The molecule has 1 heterocycles. The van der Waals surface area contributed by atoms with E-state index in [4.69, 9.17) is 11.6 Å². The lowest BCUT2D eigenvalue weighted by Gasteiger charge is -2.15. The first kappa shape index (κ1) is 12.9. The Bertz CT molecular complexity index is 526. The first-order chi connectivity index (χ1) is 7.84. The van der Waals surface area contributed by atoms with E-state index in [9.17, 15) is 8.42 Å². The minimum absolute atomic E-state index is 0.0579. The second kappa shape index (κ2) is 4.26. The number of halogens is 1. The Morgan fingerprint density at radius 1 is 1.65 bits per heavy atom. The van der Waals surface area contributed by atoms with Crippen molar-refractivity contribution in [2.24, 2.45) is 18.9 Å². The van der Waals surface area contributed by atoms with Crippen LogP contribution in [-0.2, 0) is 17.1 Å². The van der Waals surface area contributed by atoms with Crippen LogP contribution in [-0.4, -0.2) is 35.9 Å². The highest BCUT2D eigenvalue weighted by Gasteiger charge is 2.37. The lowest BCUT2D eigenvalue weighted by molar-refractivity contribution is 0.443. The van der Waals surface area contributed by atoms with Crippen molar-refractivity contribution in [1.82, 2.24) is 13.9 Å². The highest BCUT2D eigenvalue weighted by Crippen LogP contribution is 2.38. The Hall–Kier alpha value is -0.590. The summed E-state index contributed by atoms with van der Waals surface area (Å²) in [7, 11) is -0.319. The van der Waals surface area contributed by atoms with Gasteiger partial charge in [0, 0.05) is 20.6 Å². The monoisotopic (exact) mass is 277 g/mol. The maximum Gasteiger partial charge on any atom is 0.263 e. The molecule has 96 valence electrons. The van der Waals surface area contributed by atoms with Crippen molar-refractivity contribution in [3.8, 4) is 0 Å². The Kier molecular flexibility index (Phi) is 3.22. The van der Waals surface area contributed by atoms with Crippen LogP contribution >= 0.6 is 11.6 Å². The fourth-order valence-corrected chi connectivity index (χ4v) is 3.40. The second-order valence-electron chi connectivity index (χ2n) is 4.71. The number of rotatable bonds is 4. The summed E-state index contributed by atoms with van der Waals surface area (Å²) in [5.74, 6) is 1.09. The molecule has 1 aromatic rings. The van der Waals surface area contributed by atoms with Crippen molar-refractivity contribution in [3.63, 3.8) is 0 Å². The van der Waals surface area contributed by atoms with Crippen LogP contribution < -0.4 is 0 Å². The fraction of sp³-hybridized carbons (Fsp3) is 0.700. The molecule has 0 saturated heterocycles. The van der Waals surface area contributed by atoms with Crippen LogP contribution in [0.15, 0.2) is 11.4 Å². The molecule has 0 radical (unpaired) electrons. The SMILES string of the molecule is CC1CC1CN(C)S(=O)(=O)c1ncn(C)c1Cl. The second-order valence-corrected chi connectivity index (χ2v) is 7.03. The molecule has 1 fully saturated rings. The molecule has 0 bridgehead atoms. The number of nitrogens with zero attached hydrogens (tertiary/aromatic N) is 3. The lowest BCUT2D eigenvalue weighted by Crippen LogP contribution is -2.29. The topological polar surface area (TPSA) is 55.2 Å². The largest absolute Gasteiger partial charge is 0.324 e. The summed E-state index contributed by atoms with van der Waals surface area (Å²) in [4.78, 5) is 3.86. The van der Waals surface area contributed by atoms with Crippen molar-refractivity contribution < 1.29 is 8.42 Å². The molecule has 17 heavy (non-hydrogen) atoms. The quantitative estimate of drug-likeness (QED) is 0.835. The van der Waals surface area contributed by atoms with Crippen molar-refractivity contribution in [3.05, 3.63) is 11.5 Å². The van der Waals surface area contributed by atoms with E-state index in [2.05, 4.69) is 11.9 Å². The van der Waals surface area contributed by atoms with Gasteiger partial charge in [0.2, 0.25) is 5.03 Å². The van der Waals surface area contributed by atoms with Crippen LogP contribution in [0.2, 0.25) is 5.15 Å². The van der Waals surface area contributed by atoms with Gasteiger partial charge < -0.3 is 4.57 Å². The Morgan fingerprint density at radius 2 is 2.24 bits per heavy atom. The first-order valence-electron chi connectivity index (χ1n) is 5.47. The Balaban J connectivity index is 2.20. The maximum absolute atomic E-state index is 12.2. The summed E-state index contributed by atoms with van der Waals surface area (Å²) in [6.45, 7) is 2.66. The Morgan fingerprint density at radius 3 is 2.65 bits per heavy atom. The molecule has 1 saturated carbocycles. The van der Waals surface area contributed by atoms with Gasteiger partial charge in [0.25, 0.3) is 10.0 Å².